The number of aromatic nitrogens is 4. The van der Waals surface area contributed by atoms with Crippen molar-refractivity contribution in [3.63, 3.8) is 0 Å². The van der Waals surface area contributed by atoms with Crippen LogP contribution in [0.4, 0.5) is 0 Å². The van der Waals surface area contributed by atoms with E-state index in [0.29, 0.717) is 32.7 Å². The van der Waals surface area contributed by atoms with Gasteiger partial charge in [0.25, 0.3) is 0 Å². The van der Waals surface area contributed by atoms with Crippen LogP contribution < -0.4 is 0 Å². The summed E-state index contributed by atoms with van der Waals surface area (Å²) >= 11 is 0. The standard InChI is InChI=1S/C97H182N6O8/c1-8-14-19-24-28-42-59-84-108-94(104)72-51-34-29-38-55-76-101(80-62-81-103-83-74-98-88-103)77-56-39-30-35-52-73-95(105)111-92(70-50-33-27-22-17-11-4)71-54-53-65-89(63-13-6)64-45-36-37-49-69-91(68-48-32-26-21-16-10-3)97(107)110-86-61-44-41-58-79-102(87-93-99-75-82-100(93)7)78-57-40-43-60-85-109-96(106)90(66-46-23-18-12-5)67-47-31-25-20-15-9-2/h74-75,82-83,88-92H,8-73,76-81,84-87H2,1-7H3. The molecule has 0 saturated carbocycles. The van der Waals surface area contributed by atoms with E-state index in [4.69, 9.17) is 18.9 Å². The van der Waals surface area contributed by atoms with E-state index in [1.807, 2.05) is 24.9 Å². The molecule has 0 N–H and O–H groups in total. The van der Waals surface area contributed by atoms with Crippen molar-refractivity contribution in [1.29, 1.82) is 0 Å². The van der Waals surface area contributed by atoms with Gasteiger partial charge in [-0.1, -0.05) is 337 Å². The van der Waals surface area contributed by atoms with Crippen LogP contribution in [0.3, 0.4) is 0 Å². The van der Waals surface area contributed by atoms with E-state index in [2.05, 4.69) is 83.7 Å². The van der Waals surface area contributed by atoms with Crippen LogP contribution in [0, 0.1) is 17.8 Å². The first-order valence-electron chi connectivity index (χ1n) is 48.6. The molecule has 0 aliphatic rings. The highest BCUT2D eigenvalue weighted by Gasteiger charge is 2.22. The fraction of sp³-hybridized carbons (Fsp3) is 0.897. The van der Waals surface area contributed by atoms with Gasteiger partial charge in [-0.15, -0.1) is 0 Å². The summed E-state index contributed by atoms with van der Waals surface area (Å²) in [5.74, 6) is 2.05. The minimum atomic E-state index is -0.0193. The average Bonchev–Trinajstić information content (AvgIpc) is 1.79. The molecule has 4 atom stereocenters. The number of aryl methyl sites for hydroxylation is 2. The molecule has 0 aromatic carbocycles. The second kappa shape index (κ2) is 78.7. The first-order chi connectivity index (χ1) is 54.6. The Morgan fingerprint density at radius 1 is 0.342 bits per heavy atom. The van der Waals surface area contributed by atoms with Gasteiger partial charge in [-0.05, 0) is 154 Å². The zero-order valence-corrected chi connectivity index (χ0v) is 74.4. The summed E-state index contributed by atoms with van der Waals surface area (Å²) in [5, 5.41) is 0. The van der Waals surface area contributed by atoms with Crippen LogP contribution in [0.25, 0.3) is 0 Å². The largest absolute Gasteiger partial charge is 0.466 e. The van der Waals surface area contributed by atoms with Crippen molar-refractivity contribution in [3.05, 3.63) is 36.9 Å². The third kappa shape index (κ3) is 64.0. The molecule has 0 bridgehead atoms. The summed E-state index contributed by atoms with van der Waals surface area (Å²) in [7, 11) is 2.09. The van der Waals surface area contributed by atoms with Crippen molar-refractivity contribution in [2.24, 2.45) is 24.8 Å². The summed E-state index contributed by atoms with van der Waals surface area (Å²) in [5.41, 5.74) is 0. The first kappa shape index (κ1) is 103. The Kier molecular flexibility index (Phi) is 73.3. The van der Waals surface area contributed by atoms with E-state index >= 15 is 0 Å². The highest BCUT2D eigenvalue weighted by atomic mass is 16.5. The summed E-state index contributed by atoms with van der Waals surface area (Å²) in [6.45, 7) is 22.6. The molecular formula is C97H182N6O8. The Morgan fingerprint density at radius 3 is 1.12 bits per heavy atom. The predicted octanol–water partition coefficient (Wildman–Crippen LogP) is 27.7. The maximum atomic E-state index is 13.8. The van der Waals surface area contributed by atoms with Gasteiger partial charge in [0, 0.05) is 51.2 Å². The van der Waals surface area contributed by atoms with Crippen molar-refractivity contribution in [1.82, 2.24) is 28.9 Å². The highest BCUT2D eigenvalue weighted by Crippen LogP contribution is 2.28. The van der Waals surface area contributed by atoms with Crippen LogP contribution in [-0.2, 0) is 58.3 Å². The molecule has 2 aromatic heterocycles. The lowest BCUT2D eigenvalue weighted by molar-refractivity contribution is -0.150. The normalized spacial score (nSPS) is 12.8. The molecule has 14 heteroatoms. The lowest BCUT2D eigenvalue weighted by atomic mass is 9.90. The van der Waals surface area contributed by atoms with Gasteiger partial charge in [0.05, 0.1) is 44.5 Å². The zero-order chi connectivity index (χ0) is 80.0. The number of imidazole rings is 2. The van der Waals surface area contributed by atoms with Crippen molar-refractivity contribution >= 4 is 23.9 Å². The lowest BCUT2D eigenvalue weighted by Gasteiger charge is -2.22. The lowest BCUT2D eigenvalue weighted by Crippen LogP contribution is -2.28. The van der Waals surface area contributed by atoms with E-state index < -0.39 is 0 Å². The van der Waals surface area contributed by atoms with Crippen LogP contribution in [0.5, 0.6) is 0 Å². The molecule has 0 aliphatic carbocycles. The molecule has 0 radical (unpaired) electrons. The number of rotatable bonds is 87. The topological polar surface area (TPSA) is 147 Å². The monoisotopic (exact) mass is 1560 g/mol. The maximum Gasteiger partial charge on any atom is 0.308 e. The van der Waals surface area contributed by atoms with Gasteiger partial charge in [-0.3, -0.25) is 24.1 Å². The van der Waals surface area contributed by atoms with Gasteiger partial charge in [-0.25, -0.2) is 9.97 Å². The molecule has 0 amide bonds. The molecule has 2 heterocycles. The fourth-order valence-electron chi connectivity index (χ4n) is 16.4. The number of hydrogen-bond donors (Lipinski definition) is 0. The van der Waals surface area contributed by atoms with Gasteiger partial charge in [-0.2, -0.15) is 0 Å². The molecule has 2 aromatic rings. The summed E-state index contributed by atoms with van der Waals surface area (Å²) in [4.78, 5) is 66.9. The Bertz CT molecular complexity index is 2310. The minimum absolute atomic E-state index is 0.0168. The van der Waals surface area contributed by atoms with E-state index in [9.17, 15) is 19.2 Å². The number of carbonyl (C=O) groups excluding carboxylic acids is 4. The van der Waals surface area contributed by atoms with Crippen LogP contribution in [0.15, 0.2) is 31.1 Å². The van der Waals surface area contributed by atoms with E-state index in [1.165, 1.54) is 238 Å². The van der Waals surface area contributed by atoms with Crippen LogP contribution in [0.1, 0.15) is 471 Å². The zero-order valence-electron chi connectivity index (χ0n) is 74.4. The quantitative estimate of drug-likeness (QED) is 0.0353. The molecule has 111 heavy (non-hydrogen) atoms. The number of ether oxygens (including phenoxy) is 4. The summed E-state index contributed by atoms with van der Waals surface area (Å²) < 4.78 is 28.2. The second-order valence-corrected chi connectivity index (χ2v) is 34.2. The fourth-order valence-corrected chi connectivity index (χ4v) is 16.4. The second-order valence-electron chi connectivity index (χ2n) is 34.2. The Balaban J connectivity index is 1.75. The van der Waals surface area contributed by atoms with Crippen molar-refractivity contribution in [3.8, 4) is 0 Å². The first-order valence-corrected chi connectivity index (χ1v) is 48.6. The van der Waals surface area contributed by atoms with Gasteiger partial charge in [0.2, 0.25) is 0 Å². The number of hydrogen-bond acceptors (Lipinski definition) is 12. The predicted molar refractivity (Wildman–Crippen MR) is 469 cm³/mol. The third-order valence-electron chi connectivity index (χ3n) is 23.7. The molecule has 4 unspecified atom stereocenters. The van der Waals surface area contributed by atoms with Gasteiger partial charge in [0.1, 0.15) is 11.9 Å². The smallest absolute Gasteiger partial charge is 0.308 e. The Hall–Kier alpha value is -3.78. The number of carbonyl (C=O) groups is 4. The summed E-state index contributed by atoms with van der Waals surface area (Å²) in [6, 6.07) is 0. The molecule has 0 saturated heterocycles. The molecule has 2 rings (SSSR count). The molecule has 0 fully saturated rings. The summed E-state index contributed by atoms with van der Waals surface area (Å²) in [6.07, 6.45) is 85.9. The number of unbranched alkanes of at least 4 members (excludes halogenated alkanes) is 42. The molecule has 0 aliphatic heterocycles. The molecular weight excluding hydrogens is 1380 g/mol. The third-order valence-corrected chi connectivity index (χ3v) is 23.7. The SMILES string of the molecule is CCCCCCCCCOC(=O)CCCCCCCN(CCCCCCCC(=O)OC(CCCCCCCC)CCCCC(CCC)CCCCCCC(CCCCCCCC)C(=O)OCCCCCCN(CCCCCCOC(=O)C(CCCCCC)CCCCCCCC)Cc1nccn1C)CCCn1ccnc1. The Morgan fingerprint density at radius 2 is 0.694 bits per heavy atom. The van der Waals surface area contributed by atoms with Crippen LogP contribution in [-0.4, -0.2) is 111 Å². The van der Waals surface area contributed by atoms with Crippen LogP contribution in [0.2, 0.25) is 0 Å². The van der Waals surface area contributed by atoms with E-state index in [1.54, 1.807) is 0 Å². The Labute approximate surface area is 686 Å². The number of nitrogens with zero attached hydrogens (tertiary/aromatic N) is 6. The van der Waals surface area contributed by atoms with Gasteiger partial charge in [0.15, 0.2) is 0 Å². The van der Waals surface area contributed by atoms with E-state index in [-0.39, 0.29) is 41.8 Å². The minimum Gasteiger partial charge on any atom is -0.466 e. The highest BCUT2D eigenvalue weighted by molar-refractivity contribution is 5.73. The average molecular weight is 1560 g/mol. The maximum absolute atomic E-state index is 13.8. The molecule has 648 valence electrons. The van der Waals surface area contributed by atoms with Gasteiger partial charge >= 0.3 is 23.9 Å². The van der Waals surface area contributed by atoms with Crippen LogP contribution >= 0.6 is 0 Å². The van der Waals surface area contributed by atoms with E-state index in [0.717, 1.165) is 231 Å². The molecule has 14 nitrogen and oxygen atoms in total. The number of esters is 4. The van der Waals surface area contributed by atoms with Crippen molar-refractivity contribution < 1.29 is 38.1 Å². The van der Waals surface area contributed by atoms with Crippen molar-refractivity contribution in [2.75, 3.05) is 52.5 Å². The van der Waals surface area contributed by atoms with Gasteiger partial charge < -0.3 is 33.0 Å². The van der Waals surface area contributed by atoms with Crippen molar-refractivity contribution in [2.45, 2.75) is 485 Å². The molecule has 0 spiro atoms.